The largest absolute Gasteiger partial charge is 0.481 e. The number of amides is 1. The van der Waals surface area contributed by atoms with Gasteiger partial charge < -0.3 is 15.3 Å². The Kier molecular flexibility index (Phi) is 5.68. The Labute approximate surface area is 129 Å². The van der Waals surface area contributed by atoms with Gasteiger partial charge in [0.1, 0.15) is 5.82 Å². The molecule has 0 radical (unpaired) electrons. The predicted molar refractivity (Wildman–Crippen MR) is 81.4 cm³/mol. The lowest BCUT2D eigenvalue weighted by Gasteiger charge is -2.32. The quantitative estimate of drug-likeness (QED) is 0.816. The highest BCUT2D eigenvalue weighted by atomic mass is 16.4. The van der Waals surface area contributed by atoms with Gasteiger partial charge in [0, 0.05) is 43.9 Å². The maximum atomic E-state index is 12.2. The van der Waals surface area contributed by atoms with E-state index in [-0.39, 0.29) is 24.3 Å². The van der Waals surface area contributed by atoms with E-state index < -0.39 is 5.97 Å². The third-order valence-electron chi connectivity index (χ3n) is 3.92. The van der Waals surface area contributed by atoms with E-state index in [2.05, 4.69) is 20.2 Å². The molecule has 1 atom stereocenters. The number of hydrogen-bond donors (Lipinski definition) is 2. The molecular formula is C15H22N4O3. The molecular weight excluding hydrogens is 284 g/mol. The molecule has 7 nitrogen and oxygen atoms in total. The van der Waals surface area contributed by atoms with Crippen molar-refractivity contribution in [2.24, 2.45) is 5.92 Å². The normalized spacial score (nSPS) is 17.0. The van der Waals surface area contributed by atoms with E-state index in [0.717, 1.165) is 31.7 Å². The van der Waals surface area contributed by atoms with Crippen molar-refractivity contribution in [2.75, 3.05) is 18.0 Å². The number of carbonyl (C=O) groups excluding carboxylic acids is 1. The fraction of sp³-hybridized carbons (Fsp3) is 0.600. The molecule has 0 aromatic carbocycles. The molecule has 2 N–H and O–H groups in total. The lowest BCUT2D eigenvalue weighted by atomic mass is 9.95. The number of carbonyl (C=O) groups is 2. The minimum atomic E-state index is -0.835. The Morgan fingerprint density at radius 1 is 1.41 bits per heavy atom. The second-order valence-corrected chi connectivity index (χ2v) is 5.67. The van der Waals surface area contributed by atoms with E-state index in [1.807, 2.05) is 6.92 Å². The van der Waals surface area contributed by atoms with Crippen LogP contribution < -0.4 is 10.2 Å². The number of nitrogens with one attached hydrogen (secondary N) is 1. The Morgan fingerprint density at radius 3 is 2.73 bits per heavy atom. The molecule has 1 amide bonds. The van der Waals surface area contributed by atoms with Crippen LogP contribution in [-0.2, 0) is 9.59 Å². The molecule has 120 valence electrons. The summed E-state index contributed by atoms with van der Waals surface area (Å²) >= 11 is 0. The zero-order valence-electron chi connectivity index (χ0n) is 12.7. The Hall–Kier alpha value is -2.18. The van der Waals surface area contributed by atoms with Gasteiger partial charge >= 0.3 is 5.97 Å². The van der Waals surface area contributed by atoms with Crippen molar-refractivity contribution in [3.05, 3.63) is 18.6 Å². The first-order chi connectivity index (χ1) is 10.6. The summed E-state index contributed by atoms with van der Waals surface area (Å²) in [5.74, 6) is 0.0199. The van der Waals surface area contributed by atoms with Crippen LogP contribution in [0.2, 0.25) is 0 Å². The van der Waals surface area contributed by atoms with Gasteiger partial charge in [0.2, 0.25) is 5.91 Å². The second-order valence-electron chi connectivity index (χ2n) is 5.67. The van der Waals surface area contributed by atoms with Gasteiger partial charge in [-0.2, -0.15) is 0 Å². The molecule has 0 bridgehead atoms. The van der Waals surface area contributed by atoms with Crippen molar-refractivity contribution in [1.82, 2.24) is 15.3 Å². The molecule has 1 aromatic heterocycles. The van der Waals surface area contributed by atoms with Gasteiger partial charge in [0.15, 0.2) is 0 Å². The first-order valence-electron chi connectivity index (χ1n) is 7.59. The Morgan fingerprint density at radius 2 is 2.14 bits per heavy atom. The lowest BCUT2D eigenvalue weighted by Crippen LogP contribution is -2.43. The molecule has 1 saturated heterocycles. The molecule has 2 rings (SSSR count). The number of aliphatic carboxylic acids is 1. The number of piperidine rings is 1. The van der Waals surface area contributed by atoms with Gasteiger partial charge in [0.05, 0.1) is 6.20 Å². The van der Waals surface area contributed by atoms with Crippen molar-refractivity contribution in [3.63, 3.8) is 0 Å². The summed E-state index contributed by atoms with van der Waals surface area (Å²) in [4.78, 5) is 33.2. The SMILES string of the molecule is CC(CCC(=O)O)NC(=O)C1CCN(c2cnccn2)CC1. The molecule has 1 aliphatic heterocycles. The second kappa shape index (κ2) is 7.72. The number of aromatic nitrogens is 2. The van der Waals surface area contributed by atoms with Crippen LogP contribution in [0.25, 0.3) is 0 Å². The summed E-state index contributed by atoms with van der Waals surface area (Å²) < 4.78 is 0. The zero-order chi connectivity index (χ0) is 15.9. The molecule has 1 aromatic rings. The standard InChI is InChI=1S/C15H22N4O3/c1-11(2-3-14(20)21)18-15(22)12-4-8-19(9-5-12)13-10-16-6-7-17-13/h6-7,10-12H,2-5,8-9H2,1H3,(H,18,22)(H,20,21). The maximum Gasteiger partial charge on any atom is 0.303 e. The van der Waals surface area contributed by atoms with Crippen molar-refractivity contribution in [3.8, 4) is 0 Å². The number of rotatable bonds is 6. The molecule has 22 heavy (non-hydrogen) atoms. The smallest absolute Gasteiger partial charge is 0.303 e. The highest BCUT2D eigenvalue weighted by Gasteiger charge is 2.26. The molecule has 0 spiro atoms. The number of anilines is 1. The van der Waals surface area contributed by atoms with E-state index >= 15 is 0 Å². The fourth-order valence-electron chi connectivity index (χ4n) is 2.60. The summed E-state index contributed by atoms with van der Waals surface area (Å²) in [6.07, 6.45) is 7.11. The van der Waals surface area contributed by atoms with Crippen LogP contribution in [-0.4, -0.2) is 46.1 Å². The summed E-state index contributed by atoms with van der Waals surface area (Å²) in [7, 11) is 0. The minimum absolute atomic E-state index is 0.0137. The molecule has 7 heteroatoms. The van der Waals surface area contributed by atoms with Gasteiger partial charge in [-0.15, -0.1) is 0 Å². The van der Waals surface area contributed by atoms with Crippen molar-refractivity contribution in [2.45, 2.75) is 38.6 Å². The number of nitrogens with zero attached hydrogens (tertiary/aromatic N) is 3. The van der Waals surface area contributed by atoms with Crippen LogP contribution in [0.3, 0.4) is 0 Å². The number of hydrogen-bond acceptors (Lipinski definition) is 5. The zero-order valence-corrected chi connectivity index (χ0v) is 12.7. The van der Waals surface area contributed by atoms with Gasteiger partial charge in [-0.05, 0) is 26.2 Å². The van der Waals surface area contributed by atoms with Crippen molar-refractivity contribution in [1.29, 1.82) is 0 Å². The van der Waals surface area contributed by atoms with Gasteiger partial charge in [0.25, 0.3) is 0 Å². The number of carboxylic acid groups (broad SMARTS) is 1. The third kappa shape index (κ3) is 4.68. The van der Waals surface area contributed by atoms with E-state index in [9.17, 15) is 9.59 Å². The van der Waals surface area contributed by atoms with Crippen molar-refractivity contribution >= 4 is 17.7 Å². The highest BCUT2D eigenvalue weighted by Crippen LogP contribution is 2.21. The predicted octanol–water partition coefficient (Wildman–Crippen LogP) is 1.06. The number of carboxylic acids is 1. The minimum Gasteiger partial charge on any atom is -0.481 e. The van der Waals surface area contributed by atoms with Crippen LogP contribution in [0.15, 0.2) is 18.6 Å². The Bertz CT molecular complexity index is 501. The van der Waals surface area contributed by atoms with Crippen LogP contribution >= 0.6 is 0 Å². The molecule has 1 unspecified atom stereocenters. The Balaban J connectivity index is 1.76. The highest BCUT2D eigenvalue weighted by molar-refractivity contribution is 5.79. The van der Waals surface area contributed by atoms with Crippen LogP contribution in [0, 0.1) is 5.92 Å². The van der Waals surface area contributed by atoms with E-state index in [4.69, 9.17) is 5.11 Å². The molecule has 1 aliphatic rings. The lowest BCUT2D eigenvalue weighted by molar-refractivity contribution is -0.137. The van der Waals surface area contributed by atoms with Crippen LogP contribution in [0.5, 0.6) is 0 Å². The van der Waals surface area contributed by atoms with Crippen molar-refractivity contribution < 1.29 is 14.7 Å². The first-order valence-corrected chi connectivity index (χ1v) is 7.59. The average Bonchev–Trinajstić information content (AvgIpc) is 2.54. The van der Waals surface area contributed by atoms with Gasteiger partial charge in [-0.1, -0.05) is 0 Å². The van der Waals surface area contributed by atoms with E-state index in [0.29, 0.717) is 6.42 Å². The van der Waals surface area contributed by atoms with Crippen LogP contribution in [0.1, 0.15) is 32.6 Å². The fourth-order valence-corrected chi connectivity index (χ4v) is 2.60. The summed E-state index contributed by atoms with van der Waals surface area (Å²) in [5, 5.41) is 11.6. The molecule has 2 heterocycles. The average molecular weight is 306 g/mol. The monoisotopic (exact) mass is 306 g/mol. The molecule has 0 saturated carbocycles. The van der Waals surface area contributed by atoms with Crippen LogP contribution in [0.4, 0.5) is 5.82 Å². The summed E-state index contributed by atoms with van der Waals surface area (Å²) in [6.45, 7) is 3.40. The third-order valence-corrected chi connectivity index (χ3v) is 3.92. The summed E-state index contributed by atoms with van der Waals surface area (Å²) in [6, 6.07) is -0.110. The van der Waals surface area contributed by atoms with E-state index in [1.54, 1.807) is 18.6 Å². The molecule has 0 aliphatic carbocycles. The van der Waals surface area contributed by atoms with Gasteiger partial charge in [-0.25, -0.2) is 4.98 Å². The topological polar surface area (TPSA) is 95.4 Å². The first kappa shape index (κ1) is 16.2. The van der Waals surface area contributed by atoms with E-state index in [1.165, 1.54) is 0 Å². The van der Waals surface area contributed by atoms with Gasteiger partial charge in [-0.3, -0.25) is 14.6 Å². The maximum absolute atomic E-state index is 12.2. The molecule has 1 fully saturated rings. The summed E-state index contributed by atoms with van der Waals surface area (Å²) in [5.41, 5.74) is 0.